The van der Waals surface area contributed by atoms with E-state index in [2.05, 4.69) is 18.7 Å². The minimum absolute atomic E-state index is 0.163. The Morgan fingerprint density at radius 1 is 1.05 bits per heavy atom. The molecular formula is C13H27N3O3S. The third-order valence-electron chi connectivity index (χ3n) is 4.81. The van der Waals surface area contributed by atoms with E-state index in [0.29, 0.717) is 26.2 Å². The summed E-state index contributed by atoms with van der Waals surface area (Å²) in [6.07, 6.45) is 1.52. The molecule has 0 aliphatic carbocycles. The van der Waals surface area contributed by atoms with Gasteiger partial charge in [-0.1, -0.05) is 0 Å². The highest BCUT2D eigenvalue weighted by molar-refractivity contribution is 7.86. The van der Waals surface area contributed by atoms with Gasteiger partial charge in [-0.2, -0.15) is 17.0 Å². The van der Waals surface area contributed by atoms with E-state index in [-0.39, 0.29) is 24.6 Å². The van der Waals surface area contributed by atoms with Gasteiger partial charge in [-0.05, 0) is 39.7 Å². The smallest absolute Gasteiger partial charge is 0.282 e. The van der Waals surface area contributed by atoms with Crippen LogP contribution in [0.5, 0.6) is 0 Å². The molecule has 20 heavy (non-hydrogen) atoms. The standard InChI is InChI=1S/C13H27N3O3S/c1-11-8-16(9-12(2)14(11)3)20(18,19)15-6-4-13(10-17)5-7-15/h11-13,17H,4-10H2,1-3H3. The van der Waals surface area contributed by atoms with Crippen LogP contribution >= 0.6 is 0 Å². The fourth-order valence-electron chi connectivity index (χ4n) is 3.03. The second-order valence-electron chi connectivity index (χ2n) is 6.21. The molecule has 2 aliphatic rings. The van der Waals surface area contributed by atoms with E-state index in [1.807, 2.05) is 7.05 Å². The van der Waals surface area contributed by atoms with Crippen LogP contribution in [0.1, 0.15) is 26.7 Å². The molecule has 0 aromatic rings. The van der Waals surface area contributed by atoms with Gasteiger partial charge in [0.25, 0.3) is 10.2 Å². The van der Waals surface area contributed by atoms with Crippen molar-refractivity contribution in [2.45, 2.75) is 38.8 Å². The number of piperazine rings is 1. The number of aliphatic hydroxyl groups excluding tert-OH is 1. The number of hydrogen-bond acceptors (Lipinski definition) is 4. The zero-order valence-electron chi connectivity index (χ0n) is 12.7. The Morgan fingerprint density at radius 3 is 2.00 bits per heavy atom. The second-order valence-corrected chi connectivity index (χ2v) is 8.14. The quantitative estimate of drug-likeness (QED) is 0.795. The molecule has 2 fully saturated rings. The van der Waals surface area contributed by atoms with Gasteiger partial charge in [0.15, 0.2) is 0 Å². The Balaban J connectivity index is 2.04. The molecule has 2 atom stereocenters. The Labute approximate surface area is 122 Å². The molecule has 0 saturated carbocycles. The van der Waals surface area contributed by atoms with Crippen LogP contribution in [0.15, 0.2) is 0 Å². The molecule has 2 unspecified atom stereocenters. The van der Waals surface area contributed by atoms with Crippen LogP contribution in [0.25, 0.3) is 0 Å². The van der Waals surface area contributed by atoms with Crippen molar-refractivity contribution in [2.75, 3.05) is 39.8 Å². The van der Waals surface area contributed by atoms with Crippen molar-refractivity contribution < 1.29 is 13.5 Å². The lowest BCUT2D eigenvalue weighted by Crippen LogP contribution is -2.59. The molecule has 0 aromatic heterocycles. The molecule has 2 rings (SSSR count). The van der Waals surface area contributed by atoms with Gasteiger partial charge >= 0.3 is 0 Å². The van der Waals surface area contributed by atoms with Gasteiger partial charge in [0.1, 0.15) is 0 Å². The van der Waals surface area contributed by atoms with Crippen molar-refractivity contribution in [3.63, 3.8) is 0 Å². The second kappa shape index (κ2) is 6.27. The summed E-state index contributed by atoms with van der Waals surface area (Å²) in [6, 6.07) is 0.479. The summed E-state index contributed by atoms with van der Waals surface area (Å²) in [7, 11) is -1.30. The Bertz CT molecular complexity index is 409. The number of likely N-dealkylation sites (N-methyl/N-ethyl adjacent to an activating group) is 1. The minimum atomic E-state index is -3.35. The predicted molar refractivity (Wildman–Crippen MR) is 78.6 cm³/mol. The summed E-state index contributed by atoms with van der Waals surface area (Å²) < 4.78 is 28.6. The number of rotatable bonds is 3. The highest BCUT2D eigenvalue weighted by Gasteiger charge is 2.38. The molecule has 0 radical (unpaired) electrons. The van der Waals surface area contributed by atoms with Gasteiger partial charge < -0.3 is 5.11 Å². The number of aliphatic hydroxyl groups is 1. The van der Waals surface area contributed by atoms with Crippen molar-refractivity contribution in [1.29, 1.82) is 0 Å². The van der Waals surface area contributed by atoms with Crippen molar-refractivity contribution in [3.05, 3.63) is 0 Å². The summed E-state index contributed by atoms with van der Waals surface area (Å²) in [5, 5.41) is 9.14. The molecule has 2 heterocycles. The summed E-state index contributed by atoms with van der Waals surface area (Å²) in [5.41, 5.74) is 0. The first kappa shape index (κ1) is 16.2. The molecule has 0 aromatic carbocycles. The van der Waals surface area contributed by atoms with Crippen LogP contribution in [0.3, 0.4) is 0 Å². The molecule has 0 bridgehead atoms. The first-order valence-electron chi connectivity index (χ1n) is 7.44. The molecule has 7 heteroatoms. The van der Waals surface area contributed by atoms with E-state index in [0.717, 1.165) is 12.8 Å². The van der Waals surface area contributed by atoms with Gasteiger partial charge in [0.05, 0.1) is 0 Å². The van der Waals surface area contributed by atoms with Crippen LogP contribution in [-0.4, -0.2) is 79.0 Å². The third kappa shape index (κ3) is 3.17. The van der Waals surface area contributed by atoms with Crippen LogP contribution < -0.4 is 0 Å². The van der Waals surface area contributed by atoms with Gasteiger partial charge in [0, 0.05) is 44.9 Å². The normalized spacial score (nSPS) is 32.6. The van der Waals surface area contributed by atoms with E-state index in [9.17, 15) is 8.42 Å². The van der Waals surface area contributed by atoms with Gasteiger partial charge in [-0.25, -0.2) is 0 Å². The van der Waals surface area contributed by atoms with Crippen molar-refractivity contribution in [1.82, 2.24) is 13.5 Å². The van der Waals surface area contributed by atoms with E-state index in [1.165, 1.54) is 0 Å². The molecule has 1 N–H and O–H groups in total. The van der Waals surface area contributed by atoms with Crippen molar-refractivity contribution in [2.24, 2.45) is 5.92 Å². The van der Waals surface area contributed by atoms with E-state index in [4.69, 9.17) is 5.11 Å². The zero-order chi connectivity index (χ0) is 14.9. The highest BCUT2D eigenvalue weighted by Crippen LogP contribution is 2.23. The van der Waals surface area contributed by atoms with E-state index >= 15 is 0 Å². The SMILES string of the molecule is CC1CN(S(=O)(=O)N2CCC(CO)CC2)CC(C)N1C. The van der Waals surface area contributed by atoms with E-state index < -0.39 is 10.2 Å². The minimum Gasteiger partial charge on any atom is -0.396 e. The van der Waals surface area contributed by atoms with Crippen LogP contribution in [-0.2, 0) is 10.2 Å². The molecule has 0 amide bonds. The molecule has 0 spiro atoms. The first-order valence-corrected chi connectivity index (χ1v) is 8.84. The summed E-state index contributed by atoms with van der Waals surface area (Å²) in [5.74, 6) is 0.256. The average molecular weight is 305 g/mol. The Kier molecular flexibility index (Phi) is 5.07. The molecular weight excluding hydrogens is 278 g/mol. The van der Waals surface area contributed by atoms with Gasteiger partial charge in [-0.3, -0.25) is 4.90 Å². The lowest BCUT2D eigenvalue weighted by Gasteiger charge is -2.43. The summed E-state index contributed by atoms with van der Waals surface area (Å²) in [4.78, 5) is 2.23. The molecule has 2 aliphatic heterocycles. The maximum absolute atomic E-state index is 12.7. The molecule has 118 valence electrons. The third-order valence-corrected chi connectivity index (χ3v) is 6.78. The van der Waals surface area contributed by atoms with Crippen LogP contribution in [0, 0.1) is 5.92 Å². The van der Waals surface area contributed by atoms with Crippen LogP contribution in [0.2, 0.25) is 0 Å². The van der Waals surface area contributed by atoms with Crippen molar-refractivity contribution in [3.8, 4) is 0 Å². The molecule has 6 nitrogen and oxygen atoms in total. The average Bonchev–Trinajstić information content (AvgIpc) is 2.44. The molecule has 2 saturated heterocycles. The lowest BCUT2D eigenvalue weighted by atomic mass is 10.00. The summed E-state index contributed by atoms with van der Waals surface area (Å²) >= 11 is 0. The Hall–Kier alpha value is -0.210. The Morgan fingerprint density at radius 2 is 1.55 bits per heavy atom. The maximum atomic E-state index is 12.7. The topological polar surface area (TPSA) is 64.1 Å². The van der Waals surface area contributed by atoms with Gasteiger partial charge in [0.2, 0.25) is 0 Å². The predicted octanol–water partition coefficient (Wildman–Crippen LogP) is -0.0401. The number of nitrogens with zero attached hydrogens (tertiary/aromatic N) is 3. The van der Waals surface area contributed by atoms with Gasteiger partial charge in [-0.15, -0.1) is 0 Å². The maximum Gasteiger partial charge on any atom is 0.282 e. The fraction of sp³-hybridized carbons (Fsp3) is 1.00. The summed E-state index contributed by atoms with van der Waals surface area (Å²) in [6.45, 7) is 6.47. The van der Waals surface area contributed by atoms with Crippen LogP contribution in [0.4, 0.5) is 0 Å². The number of piperidine rings is 1. The van der Waals surface area contributed by atoms with E-state index in [1.54, 1.807) is 8.61 Å². The zero-order valence-corrected chi connectivity index (χ0v) is 13.5. The monoisotopic (exact) mass is 305 g/mol. The number of hydrogen-bond donors (Lipinski definition) is 1. The fourth-order valence-corrected chi connectivity index (χ4v) is 4.84. The lowest BCUT2D eigenvalue weighted by molar-refractivity contribution is 0.0978. The first-order chi connectivity index (χ1) is 9.36. The largest absolute Gasteiger partial charge is 0.396 e. The highest BCUT2D eigenvalue weighted by atomic mass is 32.2. The van der Waals surface area contributed by atoms with Crippen molar-refractivity contribution >= 4 is 10.2 Å².